The van der Waals surface area contributed by atoms with E-state index >= 15 is 0 Å². The first kappa shape index (κ1) is 11.7. The van der Waals surface area contributed by atoms with Gasteiger partial charge in [0.15, 0.2) is 0 Å². The number of benzene rings is 1. The van der Waals surface area contributed by atoms with Crippen LogP contribution in [-0.2, 0) is 0 Å². The van der Waals surface area contributed by atoms with E-state index in [1.54, 1.807) is 29.2 Å². The lowest BCUT2D eigenvalue weighted by Crippen LogP contribution is -2.16. The number of nitrogens with zero attached hydrogens (tertiary/aromatic N) is 2. The van der Waals surface area contributed by atoms with Crippen LogP contribution in [0.25, 0.3) is 10.9 Å². The van der Waals surface area contributed by atoms with Gasteiger partial charge in [-0.2, -0.15) is 0 Å². The fourth-order valence-electron chi connectivity index (χ4n) is 1.63. The highest BCUT2D eigenvalue weighted by Gasteiger charge is 2.12. The van der Waals surface area contributed by atoms with E-state index in [1.165, 1.54) is 0 Å². The van der Waals surface area contributed by atoms with E-state index in [4.69, 9.17) is 17.3 Å². The molecule has 5 heteroatoms. The number of nitrogens with two attached hydrogens (primary N) is 1. The number of primary amides is 1. The zero-order valence-electron chi connectivity index (χ0n) is 9.57. The van der Waals surface area contributed by atoms with Crippen LogP contribution in [0.2, 0.25) is 5.02 Å². The molecular weight excluding hydrogens is 238 g/mol. The topological polar surface area (TPSA) is 59.2 Å². The molecule has 0 fully saturated rings. The van der Waals surface area contributed by atoms with Gasteiger partial charge in [-0.25, -0.2) is 4.98 Å². The third-order valence-corrected chi connectivity index (χ3v) is 2.81. The molecular formula is C12H12ClN3O. The number of carbonyl (C=O) groups is 1. The van der Waals surface area contributed by atoms with Gasteiger partial charge in [0.2, 0.25) is 5.91 Å². The maximum absolute atomic E-state index is 11.4. The van der Waals surface area contributed by atoms with Crippen LogP contribution < -0.4 is 10.6 Å². The molecule has 0 unspecified atom stereocenters. The number of rotatable bonds is 2. The van der Waals surface area contributed by atoms with E-state index in [0.29, 0.717) is 27.3 Å². The number of aromatic nitrogens is 1. The van der Waals surface area contributed by atoms with Crippen LogP contribution in [0.4, 0.5) is 5.82 Å². The van der Waals surface area contributed by atoms with E-state index in [0.717, 1.165) is 0 Å². The van der Waals surface area contributed by atoms with Crippen LogP contribution in [-0.4, -0.2) is 25.0 Å². The highest BCUT2D eigenvalue weighted by molar-refractivity contribution is 6.35. The van der Waals surface area contributed by atoms with Gasteiger partial charge in [0.25, 0.3) is 0 Å². The Balaban J connectivity index is 2.86. The summed E-state index contributed by atoms with van der Waals surface area (Å²) in [6.45, 7) is 0. The smallest absolute Gasteiger partial charge is 0.249 e. The first-order valence-electron chi connectivity index (χ1n) is 5.07. The fourth-order valence-corrected chi connectivity index (χ4v) is 1.85. The van der Waals surface area contributed by atoms with Gasteiger partial charge in [-0.15, -0.1) is 0 Å². The van der Waals surface area contributed by atoms with Crippen LogP contribution in [0.15, 0.2) is 24.3 Å². The molecule has 0 aliphatic rings. The van der Waals surface area contributed by atoms with E-state index in [-0.39, 0.29) is 0 Å². The van der Waals surface area contributed by atoms with Crippen molar-refractivity contribution in [1.82, 2.24) is 4.98 Å². The number of amides is 1. The number of pyridine rings is 1. The Morgan fingerprint density at radius 2 is 2.12 bits per heavy atom. The molecule has 1 amide bonds. The second kappa shape index (κ2) is 4.22. The van der Waals surface area contributed by atoms with Gasteiger partial charge in [-0.1, -0.05) is 23.7 Å². The van der Waals surface area contributed by atoms with Crippen LogP contribution >= 0.6 is 11.6 Å². The SMILES string of the molecule is CN(C)c1cc(C(N)=O)c2cccc(Cl)c2n1. The highest BCUT2D eigenvalue weighted by Crippen LogP contribution is 2.27. The van der Waals surface area contributed by atoms with Gasteiger partial charge in [-0.05, 0) is 12.1 Å². The number of fused-ring (bicyclic) bond motifs is 1. The lowest BCUT2D eigenvalue weighted by atomic mass is 10.1. The minimum absolute atomic E-state index is 0.432. The predicted molar refractivity (Wildman–Crippen MR) is 69.6 cm³/mol. The van der Waals surface area contributed by atoms with Crippen molar-refractivity contribution >= 4 is 34.2 Å². The van der Waals surface area contributed by atoms with E-state index in [9.17, 15) is 4.79 Å². The Bertz CT molecular complexity index is 596. The molecule has 1 aromatic carbocycles. The maximum Gasteiger partial charge on any atom is 0.249 e. The summed E-state index contributed by atoms with van der Waals surface area (Å²) in [5.41, 5.74) is 6.39. The molecule has 0 saturated heterocycles. The number of anilines is 1. The summed E-state index contributed by atoms with van der Waals surface area (Å²) in [4.78, 5) is 17.6. The molecule has 2 aromatic rings. The van der Waals surface area contributed by atoms with Gasteiger partial charge in [0, 0.05) is 19.5 Å². The third kappa shape index (κ3) is 2.03. The average molecular weight is 250 g/mol. The average Bonchev–Trinajstić information content (AvgIpc) is 2.28. The van der Waals surface area contributed by atoms with E-state index < -0.39 is 5.91 Å². The molecule has 0 spiro atoms. The summed E-state index contributed by atoms with van der Waals surface area (Å²) in [5.74, 6) is 0.169. The third-order valence-electron chi connectivity index (χ3n) is 2.50. The fraction of sp³-hybridized carbons (Fsp3) is 0.167. The number of hydrogen-bond acceptors (Lipinski definition) is 3. The van der Waals surface area contributed by atoms with Gasteiger partial charge in [0.1, 0.15) is 5.82 Å². The summed E-state index contributed by atoms with van der Waals surface area (Å²) in [6, 6.07) is 6.96. The van der Waals surface area contributed by atoms with Gasteiger partial charge in [-0.3, -0.25) is 4.79 Å². The minimum Gasteiger partial charge on any atom is -0.366 e. The summed E-state index contributed by atoms with van der Waals surface area (Å²) in [5, 5.41) is 1.18. The monoisotopic (exact) mass is 249 g/mol. The van der Waals surface area contributed by atoms with Gasteiger partial charge in [0.05, 0.1) is 16.1 Å². The molecule has 0 radical (unpaired) electrons. The Kier molecular flexibility index (Phi) is 2.90. The molecule has 2 rings (SSSR count). The zero-order valence-corrected chi connectivity index (χ0v) is 10.3. The molecule has 0 aliphatic carbocycles. The maximum atomic E-state index is 11.4. The summed E-state index contributed by atoms with van der Waals surface area (Å²) < 4.78 is 0. The first-order chi connectivity index (χ1) is 8.00. The van der Waals surface area contributed by atoms with Crippen molar-refractivity contribution in [2.75, 3.05) is 19.0 Å². The standard InChI is InChI=1S/C12H12ClN3O/c1-16(2)10-6-8(12(14)17)7-4-3-5-9(13)11(7)15-10/h3-6H,1-2H3,(H2,14,17). The molecule has 2 N–H and O–H groups in total. The first-order valence-corrected chi connectivity index (χ1v) is 5.45. The van der Waals surface area contributed by atoms with Crippen molar-refractivity contribution in [3.63, 3.8) is 0 Å². The Morgan fingerprint density at radius 1 is 1.41 bits per heavy atom. The van der Waals surface area contributed by atoms with Gasteiger partial charge < -0.3 is 10.6 Å². The lowest BCUT2D eigenvalue weighted by molar-refractivity contribution is 0.100. The van der Waals surface area contributed by atoms with Crippen molar-refractivity contribution in [3.8, 4) is 0 Å². The largest absolute Gasteiger partial charge is 0.366 e. The molecule has 0 atom stereocenters. The second-order valence-electron chi connectivity index (χ2n) is 3.92. The zero-order chi connectivity index (χ0) is 12.6. The molecule has 0 bridgehead atoms. The molecule has 17 heavy (non-hydrogen) atoms. The number of hydrogen-bond donors (Lipinski definition) is 1. The molecule has 1 heterocycles. The van der Waals surface area contributed by atoms with Crippen molar-refractivity contribution in [3.05, 3.63) is 34.9 Å². The number of carbonyl (C=O) groups excluding carboxylic acids is 1. The second-order valence-corrected chi connectivity index (χ2v) is 4.33. The number of halogens is 1. The van der Waals surface area contributed by atoms with Crippen LogP contribution in [0.5, 0.6) is 0 Å². The molecule has 88 valence electrons. The molecule has 4 nitrogen and oxygen atoms in total. The Morgan fingerprint density at radius 3 is 2.71 bits per heavy atom. The van der Waals surface area contributed by atoms with Gasteiger partial charge >= 0.3 is 0 Å². The van der Waals surface area contributed by atoms with Crippen molar-refractivity contribution in [1.29, 1.82) is 0 Å². The van der Waals surface area contributed by atoms with Crippen molar-refractivity contribution in [2.24, 2.45) is 5.73 Å². The minimum atomic E-state index is -0.484. The quantitative estimate of drug-likeness (QED) is 0.886. The highest BCUT2D eigenvalue weighted by atomic mass is 35.5. The normalized spacial score (nSPS) is 10.5. The van der Waals surface area contributed by atoms with Crippen molar-refractivity contribution < 1.29 is 4.79 Å². The van der Waals surface area contributed by atoms with Crippen LogP contribution in [0.1, 0.15) is 10.4 Å². The number of para-hydroxylation sites is 1. The Hall–Kier alpha value is -1.81. The summed E-state index contributed by atoms with van der Waals surface area (Å²) >= 11 is 6.08. The van der Waals surface area contributed by atoms with E-state index in [1.807, 2.05) is 14.1 Å². The summed E-state index contributed by atoms with van der Waals surface area (Å²) in [6.07, 6.45) is 0. The van der Waals surface area contributed by atoms with E-state index in [2.05, 4.69) is 4.98 Å². The van der Waals surface area contributed by atoms with Crippen LogP contribution in [0.3, 0.4) is 0 Å². The Labute approximate surface area is 104 Å². The van der Waals surface area contributed by atoms with Crippen molar-refractivity contribution in [2.45, 2.75) is 0 Å². The summed E-state index contributed by atoms with van der Waals surface area (Å²) in [7, 11) is 3.69. The molecule has 0 aliphatic heterocycles. The van der Waals surface area contributed by atoms with Crippen LogP contribution in [0, 0.1) is 0 Å². The molecule has 0 saturated carbocycles. The lowest BCUT2D eigenvalue weighted by Gasteiger charge is -2.14. The predicted octanol–water partition coefficient (Wildman–Crippen LogP) is 2.05. The molecule has 1 aromatic heterocycles.